The summed E-state index contributed by atoms with van der Waals surface area (Å²) in [4.78, 5) is 0.0427. The molecule has 1 saturated carbocycles. The first-order valence-electron chi connectivity index (χ1n) is 6.34. The second-order valence-electron chi connectivity index (χ2n) is 4.91. The van der Waals surface area contributed by atoms with Gasteiger partial charge in [0.15, 0.2) is 0 Å². The lowest BCUT2D eigenvalue weighted by molar-refractivity contribution is 0.301. The van der Waals surface area contributed by atoms with Gasteiger partial charge in [0.05, 0.1) is 6.20 Å². The lowest BCUT2D eigenvalue weighted by atomic mass is 9.85. The molecule has 1 aromatic heterocycles. The van der Waals surface area contributed by atoms with Crippen molar-refractivity contribution in [3.8, 4) is 0 Å². The number of rotatable bonds is 4. The van der Waals surface area contributed by atoms with Crippen LogP contribution in [0.3, 0.4) is 0 Å². The first-order chi connectivity index (χ1) is 8.53. The van der Waals surface area contributed by atoms with Gasteiger partial charge in [-0.1, -0.05) is 26.2 Å². The molecule has 0 radical (unpaired) electrons. The molecule has 7 heteroatoms. The molecule has 1 aromatic rings. The maximum absolute atomic E-state index is 12.1. The number of nitrogens with two attached hydrogens (primary N) is 1. The standard InChI is InChI=1S/C11H20N4O2S/c1-2-8-4-3-5-9(6-8)15-18(16,17)10-7-13-14-11(10)12/h7-9,15H,2-6H2,1H3,(H3,12,13,14). The number of hydrogen-bond acceptors (Lipinski definition) is 4. The third-order valence-electron chi connectivity index (χ3n) is 3.60. The first kappa shape index (κ1) is 13.4. The van der Waals surface area contributed by atoms with Crippen molar-refractivity contribution in [3.05, 3.63) is 6.20 Å². The highest BCUT2D eigenvalue weighted by Gasteiger charge is 2.27. The van der Waals surface area contributed by atoms with Crippen LogP contribution in [0.25, 0.3) is 0 Å². The van der Waals surface area contributed by atoms with Crippen LogP contribution in [0.1, 0.15) is 39.0 Å². The summed E-state index contributed by atoms with van der Waals surface area (Å²) in [6, 6.07) is 0.0167. The summed E-state index contributed by atoms with van der Waals surface area (Å²) < 4.78 is 27.0. The average molecular weight is 272 g/mol. The van der Waals surface area contributed by atoms with E-state index in [0.29, 0.717) is 5.92 Å². The molecule has 2 atom stereocenters. The van der Waals surface area contributed by atoms with Gasteiger partial charge in [-0.15, -0.1) is 0 Å². The first-order valence-corrected chi connectivity index (χ1v) is 7.82. The Bertz CT molecular complexity index is 497. The molecular formula is C11H20N4O2S. The number of H-pyrrole nitrogens is 1. The maximum Gasteiger partial charge on any atom is 0.246 e. The van der Waals surface area contributed by atoms with Crippen LogP contribution in [0, 0.1) is 5.92 Å². The minimum absolute atomic E-state index is 0.0167. The fourth-order valence-electron chi connectivity index (χ4n) is 2.55. The molecule has 0 aliphatic heterocycles. The Labute approximate surface area is 107 Å². The Hall–Kier alpha value is -1.08. The van der Waals surface area contributed by atoms with Gasteiger partial charge in [0.2, 0.25) is 10.0 Å². The van der Waals surface area contributed by atoms with Gasteiger partial charge < -0.3 is 5.73 Å². The minimum Gasteiger partial charge on any atom is -0.383 e. The zero-order chi connectivity index (χ0) is 13.2. The summed E-state index contributed by atoms with van der Waals surface area (Å²) in [7, 11) is -3.55. The topological polar surface area (TPSA) is 101 Å². The molecule has 1 fully saturated rings. The van der Waals surface area contributed by atoms with E-state index in [2.05, 4.69) is 21.8 Å². The van der Waals surface area contributed by atoms with Crippen LogP contribution < -0.4 is 10.5 Å². The van der Waals surface area contributed by atoms with Crippen LogP contribution in [-0.4, -0.2) is 24.7 Å². The van der Waals surface area contributed by atoms with Gasteiger partial charge in [-0.05, 0) is 18.8 Å². The van der Waals surface area contributed by atoms with Crippen LogP contribution in [0.2, 0.25) is 0 Å². The predicted octanol–water partition coefficient (Wildman–Crippen LogP) is 1.24. The summed E-state index contributed by atoms with van der Waals surface area (Å²) in [6.07, 6.45) is 6.43. The summed E-state index contributed by atoms with van der Waals surface area (Å²) in [6.45, 7) is 2.15. The number of aromatic nitrogens is 2. The van der Waals surface area contributed by atoms with E-state index in [1.807, 2.05) is 0 Å². The van der Waals surface area contributed by atoms with Gasteiger partial charge in [-0.3, -0.25) is 5.10 Å². The Kier molecular flexibility index (Phi) is 3.91. The van der Waals surface area contributed by atoms with Crippen molar-refractivity contribution in [3.63, 3.8) is 0 Å². The Morgan fingerprint density at radius 2 is 2.33 bits per heavy atom. The number of sulfonamides is 1. The molecule has 18 heavy (non-hydrogen) atoms. The normalized spacial score (nSPS) is 25.2. The van der Waals surface area contributed by atoms with Crippen LogP contribution >= 0.6 is 0 Å². The smallest absolute Gasteiger partial charge is 0.246 e. The lowest BCUT2D eigenvalue weighted by Gasteiger charge is -2.28. The third-order valence-corrected chi connectivity index (χ3v) is 5.15. The Balaban J connectivity index is 2.07. The van der Waals surface area contributed by atoms with Crippen molar-refractivity contribution in [1.29, 1.82) is 0 Å². The number of nitrogens with one attached hydrogen (secondary N) is 2. The minimum atomic E-state index is -3.55. The SMILES string of the molecule is CCC1CCCC(NS(=O)(=O)c2cn[nH]c2N)C1. The summed E-state index contributed by atoms with van der Waals surface area (Å²) in [5.41, 5.74) is 5.55. The number of aromatic amines is 1. The van der Waals surface area contributed by atoms with Gasteiger partial charge in [0, 0.05) is 6.04 Å². The molecule has 6 nitrogen and oxygen atoms in total. The fourth-order valence-corrected chi connectivity index (χ4v) is 3.86. The second-order valence-corrected chi connectivity index (χ2v) is 6.59. The largest absolute Gasteiger partial charge is 0.383 e. The number of anilines is 1. The van der Waals surface area contributed by atoms with E-state index in [-0.39, 0.29) is 16.8 Å². The summed E-state index contributed by atoms with van der Waals surface area (Å²) >= 11 is 0. The molecule has 0 bridgehead atoms. The van der Waals surface area contributed by atoms with Crippen LogP contribution in [0.5, 0.6) is 0 Å². The van der Waals surface area contributed by atoms with Gasteiger partial charge in [-0.2, -0.15) is 5.10 Å². The highest BCUT2D eigenvalue weighted by atomic mass is 32.2. The second kappa shape index (κ2) is 5.27. The zero-order valence-electron chi connectivity index (χ0n) is 10.5. The maximum atomic E-state index is 12.1. The molecule has 1 aliphatic rings. The Morgan fingerprint density at radius 3 is 2.94 bits per heavy atom. The van der Waals surface area contributed by atoms with E-state index in [1.165, 1.54) is 12.6 Å². The van der Waals surface area contributed by atoms with Crippen LogP contribution in [0.15, 0.2) is 11.1 Å². The zero-order valence-corrected chi connectivity index (χ0v) is 11.3. The summed E-state index contributed by atoms with van der Waals surface area (Å²) in [5.74, 6) is 0.707. The molecule has 0 amide bonds. The Morgan fingerprint density at radius 1 is 1.56 bits per heavy atom. The predicted molar refractivity (Wildman–Crippen MR) is 69.4 cm³/mol. The molecule has 0 spiro atoms. The quantitative estimate of drug-likeness (QED) is 0.767. The molecule has 1 heterocycles. The van der Waals surface area contributed by atoms with Crippen molar-refractivity contribution < 1.29 is 8.42 Å². The highest BCUT2D eigenvalue weighted by Crippen LogP contribution is 2.27. The van der Waals surface area contributed by atoms with Crippen molar-refractivity contribution in [2.75, 3.05) is 5.73 Å². The molecule has 4 N–H and O–H groups in total. The number of nitrogens with zero attached hydrogens (tertiary/aromatic N) is 1. The van der Waals surface area contributed by atoms with E-state index >= 15 is 0 Å². The lowest BCUT2D eigenvalue weighted by Crippen LogP contribution is -2.38. The van der Waals surface area contributed by atoms with Crippen molar-refractivity contribution in [2.45, 2.75) is 50.0 Å². The van der Waals surface area contributed by atoms with E-state index in [1.54, 1.807) is 0 Å². The van der Waals surface area contributed by atoms with Crippen molar-refractivity contribution in [2.24, 2.45) is 5.92 Å². The molecule has 1 aliphatic carbocycles. The average Bonchev–Trinajstić information content (AvgIpc) is 2.76. The fraction of sp³-hybridized carbons (Fsp3) is 0.727. The molecule has 2 rings (SSSR count). The number of nitrogen functional groups attached to an aromatic ring is 1. The molecule has 0 aromatic carbocycles. The van der Waals surface area contributed by atoms with E-state index in [9.17, 15) is 8.42 Å². The molecule has 2 unspecified atom stereocenters. The van der Waals surface area contributed by atoms with Gasteiger partial charge in [-0.25, -0.2) is 13.1 Å². The van der Waals surface area contributed by atoms with Crippen LogP contribution in [-0.2, 0) is 10.0 Å². The summed E-state index contributed by atoms with van der Waals surface area (Å²) in [5, 5.41) is 6.08. The highest BCUT2D eigenvalue weighted by molar-refractivity contribution is 7.89. The van der Waals surface area contributed by atoms with Gasteiger partial charge in [0.1, 0.15) is 10.7 Å². The van der Waals surface area contributed by atoms with E-state index in [0.717, 1.165) is 25.7 Å². The molecular weight excluding hydrogens is 252 g/mol. The molecule has 102 valence electrons. The van der Waals surface area contributed by atoms with E-state index in [4.69, 9.17) is 5.73 Å². The van der Waals surface area contributed by atoms with Crippen molar-refractivity contribution in [1.82, 2.24) is 14.9 Å². The van der Waals surface area contributed by atoms with Crippen LogP contribution in [0.4, 0.5) is 5.82 Å². The number of hydrogen-bond donors (Lipinski definition) is 3. The van der Waals surface area contributed by atoms with Gasteiger partial charge in [0.25, 0.3) is 0 Å². The molecule has 0 saturated heterocycles. The van der Waals surface area contributed by atoms with E-state index < -0.39 is 10.0 Å². The third kappa shape index (κ3) is 2.84. The monoisotopic (exact) mass is 272 g/mol. The van der Waals surface area contributed by atoms with Crippen molar-refractivity contribution >= 4 is 15.8 Å². The van der Waals surface area contributed by atoms with Gasteiger partial charge >= 0.3 is 0 Å².